The summed E-state index contributed by atoms with van der Waals surface area (Å²) in [6, 6.07) is 4.30. The number of carbonyl (C=O) groups excluding carboxylic acids is 1. The van der Waals surface area contributed by atoms with Crippen LogP contribution < -0.4 is 10.1 Å². The molecule has 0 spiro atoms. The number of nitrogens with one attached hydrogen (secondary N) is 1. The van der Waals surface area contributed by atoms with Gasteiger partial charge in [0, 0.05) is 38.4 Å². The maximum atomic E-state index is 12.9. The predicted molar refractivity (Wildman–Crippen MR) is 96.0 cm³/mol. The number of sulfonamides is 1. The van der Waals surface area contributed by atoms with E-state index in [1.807, 2.05) is 0 Å². The molecule has 1 heterocycles. The van der Waals surface area contributed by atoms with Gasteiger partial charge in [-0.25, -0.2) is 8.42 Å². The number of ether oxygens (including phenoxy) is 3. The van der Waals surface area contributed by atoms with Gasteiger partial charge in [-0.15, -0.1) is 0 Å². The first-order valence-electron chi connectivity index (χ1n) is 8.21. The van der Waals surface area contributed by atoms with Crippen LogP contribution in [0.5, 0.6) is 5.75 Å². The third kappa shape index (κ3) is 5.82. The van der Waals surface area contributed by atoms with E-state index in [-0.39, 0.29) is 41.3 Å². The molecule has 0 aliphatic carbocycles. The fourth-order valence-electron chi connectivity index (χ4n) is 2.37. The number of rotatable bonds is 9. The van der Waals surface area contributed by atoms with E-state index in [1.165, 1.54) is 22.5 Å². The van der Waals surface area contributed by atoms with Crippen LogP contribution in [0.4, 0.5) is 0 Å². The Morgan fingerprint density at radius 2 is 2.08 bits per heavy atom. The van der Waals surface area contributed by atoms with E-state index in [0.29, 0.717) is 32.8 Å². The van der Waals surface area contributed by atoms with E-state index in [9.17, 15) is 13.2 Å². The van der Waals surface area contributed by atoms with Crippen molar-refractivity contribution in [1.82, 2.24) is 9.62 Å². The van der Waals surface area contributed by atoms with Crippen molar-refractivity contribution < 1.29 is 27.4 Å². The number of methoxy groups -OCH3 is 1. The zero-order valence-corrected chi connectivity index (χ0v) is 16.1. The van der Waals surface area contributed by atoms with Crippen molar-refractivity contribution in [1.29, 1.82) is 0 Å². The molecule has 0 unspecified atom stereocenters. The Hall–Kier alpha value is -1.39. The van der Waals surface area contributed by atoms with E-state index < -0.39 is 10.0 Å². The number of hydrogen-bond acceptors (Lipinski definition) is 6. The molecule has 0 aromatic heterocycles. The van der Waals surface area contributed by atoms with Gasteiger partial charge in [0.25, 0.3) is 5.91 Å². The number of carbonyl (C=O) groups is 1. The quantitative estimate of drug-likeness (QED) is 0.612. The summed E-state index contributed by atoms with van der Waals surface area (Å²) in [5.41, 5.74) is 0. The Morgan fingerprint density at radius 1 is 1.35 bits per heavy atom. The summed E-state index contributed by atoms with van der Waals surface area (Å²) >= 11 is 5.97. The maximum absolute atomic E-state index is 12.9. The van der Waals surface area contributed by atoms with Crippen LogP contribution in [0.3, 0.4) is 0 Å². The SMILES string of the molecule is COCCCNC(=O)COc1ccc(Cl)cc1S(=O)(=O)N1CCOCC1. The van der Waals surface area contributed by atoms with Gasteiger partial charge in [0.1, 0.15) is 10.6 Å². The lowest BCUT2D eigenvalue weighted by molar-refractivity contribution is -0.123. The molecule has 1 saturated heterocycles. The molecule has 0 bridgehead atoms. The summed E-state index contributed by atoms with van der Waals surface area (Å²) in [7, 11) is -2.21. The first kappa shape index (κ1) is 20.9. The van der Waals surface area contributed by atoms with Crippen molar-refractivity contribution in [3.8, 4) is 5.75 Å². The molecule has 0 radical (unpaired) electrons. The van der Waals surface area contributed by atoms with Crippen LogP contribution in [-0.2, 0) is 24.3 Å². The van der Waals surface area contributed by atoms with Crippen LogP contribution >= 0.6 is 11.6 Å². The van der Waals surface area contributed by atoms with Gasteiger partial charge in [0.15, 0.2) is 6.61 Å². The third-order valence-corrected chi connectivity index (χ3v) is 5.85. The Labute approximate surface area is 158 Å². The van der Waals surface area contributed by atoms with Crippen LogP contribution in [0.25, 0.3) is 0 Å². The van der Waals surface area contributed by atoms with Gasteiger partial charge < -0.3 is 19.5 Å². The largest absolute Gasteiger partial charge is 0.482 e. The molecule has 1 aliphatic heterocycles. The number of halogens is 1. The van der Waals surface area contributed by atoms with Crippen molar-refractivity contribution in [2.24, 2.45) is 0 Å². The van der Waals surface area contributed by atoms with Gasteiger partial charge in [0.05, 0.1) is 13.2 Å². The van der Waals surface area contributed by atoms with Gasteiger partial charge in [-0.1, -0.05) is 11.6 Å². The van der Waals surface area contributed by atoms with E-state index in [4.69, 9.17) is 25.8 Å². The van der Waals surface area contributed by atoms with Gasteiger partial charge in [-0.2, -0.15) is 4.31 Å². The first-order chi connectivity index (χ1) is 12.4. The molecule has 1 aromatic carbocycles. The van der Waals surface area contributed by atoms with Gasteiger partial charge in [0.2, 0.25) is 10.0 Å². The van der Waals surface area contributed by atoms with Gasteiger partial charge in [-0.3, -0.25) is 4.79 Å². The summed E-state index contributed by atoms with van der Waals surface area (Å²) in [5.74, 6) is -0.251. The van der Waals surface area contributed by atoms with Gasteiger partial charge >= 0.3 is 0 Å². The fraction of sp³-hybridized carbons (Fsp3) is 0.562. The summed E-state index contributed by atoms with van der Waals surface area (Å²) in [5, 5.41) is 2.95. The standard InChI is InChI=1S/C16H23ClN2O6S/c1-23-8-2-5-18-16(20)12-25-14-4-3-13(17)11-15(14)26(21,22)19-6-9-24-10-7-19/h3-4,11H,2,5-10,12H2,1H3,(H,18,20). The highest BCUT2D eigenvalue weighted by Crippen LogP contribution is 2.30. The minimum absolute atomic E-state index is 0.0564. The minimum Gasteiger partial charge on any atom is -0.482 e. The van der Waals surface area contributed by atoms with Crippen LogP contribution in [0, 0.1) is 0 Å². The Balaban J connectivity index is 2.06. The molecular formula is C16H23ClN2O6S. The molecular weight excluding hydrogens is 384 g/mol. The monoisotopic (exact) mass is 406 g/mol. The summed E-state index contributed by atoms with van der Waals surface area (Å²) in [6.45, 7) is 1.89. The summed E-state index contributed by atoms with van der Waals surface area (Å²) in [4.78, 5) is 11.8. The summed E-state index contributed by atoms with van der Waals surface area (Å²) < 4.78 is 42.6. The number of nitrogens with zero attached hydrogens (tertiary/aromatic N) is 1. The molecule has 26 heavy (non-hydrogen) atoms. The van der Waals surface area contributed by atoms with Crippen molar-refractivity contribution >= 4 is 27.5 Å². The molecule has 1 N–H and O–H groups in total. The van der Waals surface area contributed by atoms with E-state index >= 15 is 0 Å². The van der Waals surface area contributed by atoms with Crippen LogP contribution in [0.15, 0.2) is 23.1 Å². The highest BCUT2D eigenvalue weighted by atomic mass is 35.5. The van der Waals surface area contributed by atoms with E-state index in [1.54, 1.807) is 7.11 Å². The minimum atomic E-state index is -3.79. The molecule has 146 valence electrons. The number of amides is 1. The lowest BCUT2D eigenvalue weighted by atomic mass is 10.3. The molecule has 0 saturated carbocycles. The van der Waals surface area contributed by atoms with E-state index in [0.717, 1.165) is 0 Å². The van der Waals surface area contributed by atoms with Crippen LogP contribution in [-0.4, -0.2) is 71.8 Å². The molecule has 1 fully saturated rings. The summed E-state index contributed by atoms with van der Waals surface area (Å²) in [6.07, 6.45) is 0.680. The second-order valence-electron chi connectivity index (χ2n) is 5.59. The second-order valence-corrected chi connectivity index (χ2v) is 7.94. The Bertz CT molecular complexity index is 707. The molecule has 10 heteroatoms. The molecule has 2 rings (SSSR count). The lowest BCUT2D eigenvalue weighted by Crippen LogP contribution is -2.40. The highest BCUT2D eigenvalue weighted by Gasteiger charge is 2.29. The van der Waals surface area contributed by atoms with Crippen LogP contribution in [0.2, 0.25) is 5.02 Å². The molecule has 0 atom stereocenters. The van der Waals surface area contributed by atoms with Crippen molar-refractivity contribution in [3.63, 3.8) is 0 Å². The fourth-order valence-corrected chi connectivity index (χ4v) is 4.17. The second kappa shape index (κ2) is 10.1. The lowest BCUT2D eigenvalue weighted by Gasteiger charge is -2.26. The van der Waals surface area contributed by atoms with Crippen LogP contribution in [0.1, 0.15) is 6.42 Å². The van der Waals surface area contributed by atoms with Crippen molar-refractivity contribution in [3.05, 3.63) is 23.2 Å². The highest BCUT2D eigenvalue weighted by molar-refractivity contribution is 7.89. The average molecular weight is 407 g/mol. The normalized spacial score (nSPS) is 15.6. The topological polar surface area (TPSA) is 94.2 Å². The predicted octanol–water partition coefficient (Wildman–Crippen LogP) is 0.892. The smallest absolute Gasteiger partial charge is 0.257 e. The van der Waals surface area contributed by atoms with E-state index in [2.05, 4.69) is 5.32 Å². The Kier molecular flexibility index (Phi) is 8.11. The molecule has 1 aromatic rings. The first-order valence-corrected chi connectivity index (χ1v) is 10.0. The van der Waals surface area contributed by atoms with Crippen molar-refractivity contribution in [2.75, 3.05) is 53.2 Å². The average Bonchev–Trinajstić information content (AvgIpc) is 2.65. The third-order valence-electron chi connectivity index (χ3n) is 3.70. The Morgan fingerprint density at radius 3 is 2.77 bits per heavy atom. The van der Waals surface area contributed by atoms with Gasteiger partial charge in [-0.05, 0) is 24.6 Å². The zero-order chi connectivity index (χ0) is 19.0. The molecule has 1 aliphatic rings. The zero-order valence-electron chi connectivity index (χ0n) is 14.6. The maximum Gasteiger partial charge on any atom is 0.257 e. The number of benzene rings is 1. The number of morpholine rings is 1. The van der Waals surface area contributed by atoms with Crippen molar-refractivity contribution in [2.45, 2.75) is 11.3 Å². The molecule has 1 amide bonds. The number of hydrogen-bond donors (Lipinski definition) is 1. The molecule has 8 nitrogen and oxygen atoms in total.